The van der Waals surface area contributed by atoms with E-state index in [4.69, 9.17) is 12.2 Å². The average molecular weight is 307 g/mol. The summed E-state index contributed by atoms with van der Waals surface area (Å²) in [6.07, 6.45) is 8.12. The summed E-state index contributed by atoms with van der Waals surface area (Å²) in [6, 6.07) is 6.35. The number of rotatable bonds is 5. The molecule has 1 aliphatic rings. The predicted molar refractivity (Wildman–Crippen MR) is 80.5 cm³/mol. The molecule has 1 saturated carbocycles. The van der Waals surface area contributed by atoms with E-state index in [1.165, 1.54) is 18.5 Å². The molecule has 1 atom stereocenters. The molecule has 0 spiro atoms. The van der Waals surface area contributed by atoms with Crippen LogP contribution in [0.25, 0.3) is 0 Å². The molecule has 0 heterocycles. The van der Waals surface area contributed by atoms with E-state index in [9.17, 15) is 0 Å². The molecule has 1 aliphatic carbocycles. The number of terminal acetylenes is 1. The van der Waals surface area contributed by atoms with Crippen LogP contribution in [0.15, 0.2) is 22.7 Å². The Hall–Kier alpha value is -0.980. The first-order valence-corrected chi connectivity index (χ1v) is 7.14. The van der Waals surface area contributed by atoms with Gasteiger partial charge in [0, 0.05) is 17.1 Å². The first-order chi connectivity index (χ1) is 8.61. The van der Waals surface area contributed by atoms with Crippen molar-refractivity contribution in [1.82, 2.24) is 0 Å². The summed E-state index contributed by atoms with van der Waals surface area (Å²) >= 11 is 3.63. The number of anilines is 1. The Morgan fingerprint density at radius 3 is 2.78 bits per heavy atom. The predicted octanol–water partition coefficient (Wildman–Crippen LogP) is 3.32. The van der Waals surface area contributed by atoms with Crippen LogP contribution in [0, 0.1) is 18.3 Å². The zero-order chi connectivity index (χ0) is 13.1. The number of hydrogen-bond acceptors (Lipinski definition) is 2. The summed E-state index contributed by atoms with van der Waals surface area (Å²) in [5.74, 6) is 3.56. The number of halogens is 1. The Labute approximate surface area is 118 Å². The zero-order valence-corrected chi connectivity index (χ0v) is 12.3. The smallest absolute Gasteiger partial charge is 0.0792 e. The summed E-state index contributed by atoms with van der Waals surface area (Å²) in [5, 5.41) is 0. The van der Waals surface area contributed by atoms with E-state index < -0.39 is 0 Å². The van der Waals surface area contributed by atoms with Gasteiger partial charge in [-0.15, -0.1) is 6.42 Å². The lowest BCUT2D eigenvalue weighted by atomic mass is 10.1. The van der Waals surface area contributed by atoms with Gasteiger partial charge >= 0.3 is 0 Å². The van der Waals surface area contributed by atoms with Crippen molar-refractivity contribution >= 4 is 21.6 Å². The van der Waals surface area contributed by atoms with Crippen LogP contribution >= 0.6 is 15.9 Å². The molecule has 18 heavy (non-hydrogen) atoms. The van der Waals surface area contributed by atoms with Gasteiger partial charge in [0.2, 0.25) is 0 Å². The number of nitrogens with two attached hydrogens (primary N) is 1. The molecule has 0 amide bonds. The van der Waals surface area contributed by atoms with Crippen molar-refractivity contribution < 1.29 is 0 Å². The van der Waals surface area contributed by atoms with Gasteiger partial charge in [0.1, 0.15) is 0 Å². The molecule has 0 aliphatic heterocycles. The molecule has 0 radical (unpaired) electrons. The molecule has 0 aromatic heterocycles. The van der Waals surface area contributed by atoms with E-state index in [-0.39, 0.29) is 6.04 Å². The van der Waals surface area contributed by atoms with Crippen LogP contribution in [-0.2, 0) is 0 Å². The average Bonchev–Trinajstić information content (AvgIpc) is 3.12. The quantitative estimate of drug-likeness (QED) is 0.846. The summed E-state index contributed by atoms with van der Waals surface area (Å²) < 4.78 is 1.08. The van der Waals surface area contributed by atoms with Gasteiger partial charge in [-0.1, -0.05) is 12.0 Å². The summed E-state index contributed by atoms with van der Waals surface area (Å²) in [7, 11) is 0. The largest absolute Gasteiger partial charge is 0.359 e. The Morgan fingerprint density at radius 1 is 1.56 bits per heavy atom. The van der Waals surface area contributed by atoms with Crippen molar-refractivity contribution in [1.29, 1.82) is 0 Å². The van der Waals surface area contributed by atoms with Crippen LogP contribution in [0.3, 0.4) is 0 Å². The molecule has 2 nitrogen and oxygen atoms in total. The summed E-state index contributed by atoms with van der Waals surface area (Å²) in [4.78, 5) is 2.27. The third kappa shape index (κ3) is 3.28. The summed E-state index contributed by atoms with van der Waals surface area (Å²) in [5.41, 5.74) is 8.20. The number of hydrogen-bond donors (Lipinski definition) is 1. The Kier molecular flexibility index (Phi) is 4.31. The highest BCUT2D eigenvalue weighted by molar-refractivity contribution is 9.10. The molecule has 2 rings (SSSR count). The Balaban J connectivity index is 2.20. The molecule has 96 valence electrons. The van der Waals surface area contributed by atoms with Gasteiger partial charge in [-0.05, 0) is 59.3 Å². The second-order valence-electron chi connectivity index (χ2n) is 5.03. The first kappa shape index (κ1) is 13.5. The Morgan fingerprint density at radius 2 is 2.28 bits per heavy atom. The van der Waals surface area contributed by atoms with E-state index in [0.29, 0.717) is 6.54 Å². The normalized spacial score (nSPS) is 16.1. The molecule has 0 bridgehead atoms. The second-order valence-corrected chi connectivity index (χ2v) is 5.88. The van der Waals surface area contributed by atoms with Gasteiger partial charge in [0.25, 0.3) is 0 Å². The monoisotopic (exact) mass is 306 g/mol. The third-order valence-electron chi connectivity index (χ3n) is 3.30. The maximum Gasteiger partial charge on any atom is 0.0792 e. The molecular formula is C15H19BrN2. The van der Waals surface area contributed by atoms with E-state index in [1.54, 1.807) is 0 Å². The van der Waals surface area contributed by atoms with Gasteiger partial charge in [0.05, 0.1) is 12.2 Å². The maximum atomic E-state index is 5.89. The standard InChI is InChI=1S/C15H19BrN2/c1-3-8-18(10-12-4-5-12)15-7-6-13(11(2)17)9-14(15)16/h1,6-7,9,11-12H,4-5,8,10,17H2,2H3/t11-/m1/s1. The molecule has 3 heteroatoms. The van der Waals surface area contributed by atoms with E-state index in [1.807, 2.05) is 6.92 Å². The molecule has 1 fully saturated rings. The minimum absolute atomic E-state index is 0.0554. The third-order valence-corrected chi connectivity index (χ3v) is 3.93. The minimum atomic E-state index is 0.0554. The zero-order valence-electron chi connectivity index (χ0n) is 10.7. The van der Waals surface area contributed by atoms with E-state index in [2.05, 4.69) is 44.9 Å². The molecule has 2 N–H and O–H groups in total. The Bertz CT molecular complexity index is 458. The van der Waals surface area contributed by atoms with Crippen LogP contribution in [0.1, 0.15) is 31.4 Å². The first-order valence-electron chi connectivity index (χ1n) is 6.35. The van der Waals surface area contributed by atoms with Crippen molar-refractivity contribution in [2.75, 3.05) is 18.0 Å². The van der Waals surface area contributed by atoms with Gasteiger partial charge in [-0.25, -0.2) is 0 Å². The lowest BCUT2D eigenvalue weighted by Crippen LogP contribution is -2.26. The van der Waals surface area contributed by atoms with Crippen LogP contribution < -0.4 is 10.6 Å². The van der Waals surface area contributed by atoms with Crippen molar-refractivity contribution in [2.45, 2.75) is 25.8 Å². The second kappa shape index (κ2) is 5.77. The fourth-order valence-electron chi connectivity index (χ4n) is 2.03. The van der Waals surface area contributed by atoms with Crippen LogP contribution in [0.5, 0.6) is 0 Å². The molecule has 1 aromatic rings. The molecule has 0 saturated heterocycles. The van der Waals surface area contributed by atoms with Crippen molar-refractivity contribution in [3.63, 3.8) is 0 Å². The topological polar surface area (TPSA) is 29.3 Å². The highest BCUT2D eigenvalue weighted by Crippen LogP contribution is 2.34. The van der Waals surface area contributed by atoms with Crippen molar-refractivity contribution in [3.8, 4) is 12.3 Å². The van der Waals surface area contributed by atoms with Crippen molar-refractivity contribution in [3.05, 3.63) is 28.2 Å². The minimum Gasteiger partial charge on any atom is -0.359 e. The van der Waals surface area contributed by atoms with E-state index in [0.717, 1.165) is 22.5 Å². The number of nitrogens with zero attached hydrogens (tertiary/aromatic N) is 1. The van der Waals surface area contributed by atoms with Crippen molar-refractivity contribution in [2.24, 2.45) is 11.7 Å². The fraction of sp³-hybridized carbons (Fsp3) is 0.467. The lowest BCUT2D eigenvalue weighted by molar-refractivity contribution is 0.762. The van der Waals surface area contributed by atoms with Gasteiger partial charge in [0.15, 0.2) is 0 Å². The molecular weight excluding hydrogens is 288 g/mol. The van der Waals surface area contributed by atoms with Gasteiger partial charge < -0.3 is 10.6 Å². The fourth-order valence-corrected chi connectivity index (χ4v) is 2.68. The van der Waals surface area contributed by atoms with Gasteiger partial charge in [-0.3, -0.25) is 0 Å². The van der Waals surface area contributed by atoms with Crippen LogP contribution in [0.4, 0.5) is 5.69 Å². The van der Waals surface area contributed by atoms with E-state index >= 15 is 0 Å². The van der Waals surface area contributed by atoms with Crippen LogP contribution in [0.2, 0.25) is 0 Å². The highest BCUT2D eigenvalue weighted by Gasteiger charge is 2.25. The highest BCUT2D eigenvalue weighted by atomic mass is 79.9. The SMILES string of the molecule is C#CCN(CC1CC1)c1ccc([C@@H](C)N)cc1Br. The maximum absolute atomic E-state index is 5.89. The van der Waals surface area contributed by atoms with Crippen LogP contribution in [-0.4, -0.2) is 13.1 Å². The molecule has 1 aromatic carbocycles. The summed E-state index contributed by atoms with van der Waals surface area (Å²) in [6.45, 7) is 3.71. The number of benzene rings is 1. The van der Waals surface area contributed by atoms with Gasteiger partial charge in [-0.2, -0.15) is 0 Å². The molecule has 0 unspecified atom stereocenters. The lowest BCUT2D eigenvalue weighted by Gasteiger charge is -2.24.